The summed E-state index contributed by atoms with van der Waals surface area (Å²) in [5, 5.41) is 3.52. The van der Waals surface area contributed by atoms with Crippen molar-refractivity contribution in [1.29, 1.82) is 0 Å². The van der Waals surface area contributed by atoms with Gasteiger partial charge in [-0.05, 0) is 82.2 Å². The smallest absolute Gasteiger partial charge is 0.389 e. The molecule has 0 radical (unpaired) electrons. The second-order valence-electron chi connectivity index (χ2n) is 16.8. The van der Waals surface area contributed by atoms with Gasteiger partial charge in [0.2, 0.25) is 23.6 Å². The molecular weight excluding hydrogens is 876 g/mol. The normalized spacial score (nSPS) is 21.6. The molecule has 4 atom stereocenters. The van der Waals surface area contributed by atoms with Gasteiger partial charge in [0.05, 0.1) is 61.4 Å². The molecule has 0 aliphatic carbocycles. The zero-order chi connectivity index (χ0) is 46.5. The molecule has 0 spiro atoms. The van der Waals surface area contributed by atoms with E-state index in [0.29, 0.717) is 41.4 Å². The molecule has 64 heavy (non-hydrogen) atoms. The number of hydrogen-bond donors (Lipinski definition) is 1. The summed E-state index contributed by atoms with van der Waals surface area (Å²) < 4.78 is 56.7. The van der Waals surface area contributed by atoms with Crippen LogP contribution in [-0.4, -0.2) is 130 Å². The van der Waals surface area contributed by atoms with Crippen molar-refractivity contribution in [3.8, 4) is 22.9 Å². The van der Waals surface area contributed by atoms with Crippen molar-refractivity contribution in [2.24, 2.45) is 13.0 Å². The maximum absolute atomic E-state index is 14.5. The third kappa shape index (κ3) is 11.5. The number of nitrogens with one attached hydrogen (secondary N) is 1. The number of pyridine rings is 1. The number of hydrogen-bond acceptors (Lipinski definition) is 9. The first-order valence-corrected chi connectivity index (χ1v) is 21.6. The van der Waals surface area contributed by atoms with Gasteiger partial charge in [-0.3, -0.25) is 24.2 Å². The van der Waals surface area contributed by atoms with Crippen LogP contribution in [0.25, 0.3) is 11.4 Å². The molecule has 6 rings (SSSR count). The Morgan fingerprint density at radius 3 is 2.33 bits per heavy atom. The first-order chi connectivity index (χ1) is 30.3. The van der Waals surface area contributed by atoms with Crippen molar-refractivity contribution in [3.05, 3.63) is 94.0 Å². The van der Waals surface area contributed by atoms with Gasteiger partial charge in [-0.15, -0.1) is 0 Å². The van der Waals surface area contributed by atoms with E-state index in [4.69, 9.17) is 32.7 Å². The fourth-order valence-corrected chi connectivity index (χ4v) is 8.68. The number of nitrogens with zero attached hydrogens (tertiary/aromatic N) is 7. The number of carbonyl (C=O) groups excluding carboxylic acids is 4. The second-order valence-corrected chi connectivity index (χ2v) is 17.7. The van der Waals surface area contributed by atoms with Gasteiger partial charge in [0.1, 0.15) is 29.4 Å². The molecule has 2 aliphatic heterocycles. The standard InChI is InChI=1S/C45H53Cl2F3N8O6/c1-28-41(60)53-36(26-63-6)43(62)56(5)44(20-29-8-11-32(46)12-9-29)16-7-17-57(27-44)42(61)31(21-45(48,49)50)18-40(59)58(28)24-30-10-13-33(47)19-38(30)64-34-14-15-35(51-22-34)37-23-52-39(55(37)4)25-54(2)3/h8-15,19,22-23,28,31,36H,7,16-18,20-21,24-27H2,1-6H3,(H,53,60)/t28-,31-,36-,44+/m0/s1. The first kappa shape index (κ1) is 48.2. The van der Waals surface area contributed by atoms with Crippen LogP contribution in [0.15, 0.2) is 67.0 Å². The number of piperidine rings is 1. The van der Waals surface area contributed by atoms with E-state index >= 15 is 0 Å². The maximum atomic E-state index is 14.5. The lowest BCUT2D eigenvalue weighted by molar-refractivity contribution is -0.166. The van der Waals surface area contributed by atoms with E-state index < -0.39 is 66.2 Å². The highest BCUT2D eigenvalue weighted by atomic mass is 35.5. The lowest BCUT2D eigenvalue weighted by Gasteiger charge is -2.50. The van der Waals surface area contributed by atoms with Crippen molar-refractivity contribution in [2.45, 2.75) is 75.9 Å². The summed E-state index contributed by atoms with van der Waals surface area (Å²) in [6, 6.07) is 12.4. The molecule has 0 unspecified atom stereocenters. The summed E-state index contributed by atoms with van der Waals surface area (Å²) >= 11 is 12.6. The molecule has 2 bridgehead atoms. The van der Waals surface area contributed by atoms with E-state index in [1.807, 2.05) is 30.6 Å². The van der Waals surface area contributed by atoms with Gasteiger partial charge in [0.15, 0.2) is 0 Å². The molecule has 19 heteroatoms. The van der Waals surface area contributed by atoms with Gasteiger partial charge in [-0.2, -0.15) is 13.2 Å². The highest BCUT2D eigenvalue weighted by molar-refractivity contribution is 6.31. The monoisotopic (exact) mass is 928 g/mol. The topological polar surface area (TPSA) is 142 Å². The highest BCUT2D eigenvalue weighted by Gasteiger charge is 2.47. The number of ether oxygens (including phenoxy) is 2. The maximum Gasteiger partial charge on any atom is 0.389 e. The van der Waals surface area contributed by atoms with Crippen LogP contribution in [0.1, 0.15) is 49.6 Å². The molecule has 4 heterocycles. The average Bonchev–Trinajstić information content (AvgIpc) is 3.60. The van der Waals surface area contributed by atoms with Crippen LogP contribution >= 0.6 is 23.2 Å². The summed E-state index contributed by atoms with van der Waals surface area (Å²) in [6.07, 6.45) is -3.04. The van der Waals surface area contributed by atoms with Crippen molar-refractivity contribution in [3.63, 3.8) is 0 Å². The van der Waals surface area contributed by atoms with Gasteiger partial charge in [0.25, 0.3) is 0 Å². The Balaban J connectivity index is 1.34. The predicted molar refractivity (Wildman–Crippen MR) is 234 cm³/mol. The number of likely N-dealkylation sites (N-methyl/N-ethyl adjacent to an activating group) is 1. The number of carbonyl (C=O) groups is 4. The number of aromatic nitrogens is 3. The fourth-order valence-electron chi connectivity index (χ4n) is 8.39. The van der Waals surface area contributed by atoms with E-state index in [-0.39, 0.29) is 43.4 Å². The van der Waals surface area contributed by atoms with Gasteiger partial charge in [-0.25, -0.2) is 4.98 Å². The van der Waals surface area contributed by atoms with Crippen LogP contribution in [0.3, 0.4) is 0 Å². The Morgan fingerprint density at radius 2 is 1.67 bits per heavy atom. The fraction of sp³-hybridized carbons (Fsp3) is 0.467. The number of rotatable bonds is 12. The van der Waals surface area contributed by atoms with Gasteiger partial charge in [-0.1, -0.05) is 41.4 Å². The Morgan fingerprint density at radius 1 is 0.953 bits per heavy atom. The van der Waals surface area contributed by atoms with Gasteiger partial charge >= 0.3 is 6.18 Å². The number of alkyl halides is 3. The third-order valence-corrected chi connectivity index (χ3v) is 12.3. The molecule has 0 saturated carbocycles. The van der Waals surface area contributed by atoms with Crippen LogP contribution in [0.4, 0.5) is 13.2 Å². The largest absolute Gasteiger partial charge is 0.455 e. The summed E-state index contributed by atoms with van der Waals surface area (Å²) in [7, 11) is 8.73. The molecule has 2 aliphatic rings. The Hall–Kier alpha value is -5.23. The van der Waals surface area contributed by atoms with Crippen LogP contribution < -0.4 is 10.1 Å². The third-order valence-electron chi connectivity index (χ3n) is 11.9. The Kier molecular flexibility index (Phi) is 15.3. The highest BCUT2D eigenvalue weighted by Crippen LogP contribution is 2.36. The van der Waals surface area contributed by atoms with Crippen LogP contribution in [0.5, 0.6) is 11.5 Å². The zero-order valence-electron chi connectivity index (χ0n) is 36.6. The number of halogens is 5. The number of methoxy groups -OCH3 is 1. The van der Waals surface area contributed by atoms with E-state index in [1.54, 1.807) is 61.8 Å². The lowest BCUT2D eigenvalue weighted by atomic mass is 9.80. The SMILES string of the molecule is COC[C@@H]1NC(=O)[C@H](C)N(Cc2ccc(Cl)cc2Oc2ccc(-c3cnc(CN(C)C)n3C)nc2)C(=O)C[C@@H](CC(F)(F)F)C(=O)N2CCC[C@@](Cc3ccc(Cl)cc3)(C2)N(C)C1=O. The van der Waals surface area contributed by atoms with E-state index in [2.05, 4.69) is 15.3 Å². The van der Waals surface area contributed by atoms with Crippen molar-refractivity contribution in [1.82, 2.24) is 39.5 Å². The summed E-state index contributed by atoms with van der Waals surface area (Å²) in [4.78, 5) is 72.7. The molecule has 4 aromatic rings. The van der Waals surface area contributed by atoms with Gasteiger partial charge < -0.3 is 39.0 Å². The Labute approximate surface area is 380 Å². The molecule has 2 aromatic heterocycles. The summed E-state index contributed by atoms with van der Waals surface area (Å²) in [6.45, 7) is 1.45. The van der Waals surface area contributed by atoms with E-state index in [0.717, 1.165) is 22.0 Å². The molecule has 14 nitrogen and oxygen atoms in total. The van der Waals surface area contributed by atoms with Crippen LogP contribution in [-0.2, 0) is 50.5 Å². The molecular formula is C45H53Cl2F3N8O6. The average molecular weight is 930 g/mol. The van der Waals surface area contributed by atoms with E-state index in [9.17, 15) is 32.3 Å². The molecule has 2 fully saturated rings. The molecule has 2 aromatic carbocycles. The quantitative estimate of drug-likeness (QED) is 0.168. The minimum absolute atomic E-state index is 0.116. The van der Waals surface area contributed by atoms with Gasteiger partial charge in [0, 0.05) is 56.3 Å². The van der Waals surface area contributed by atoms with Crippen molar-refractivity contribution >= 4 is 46.8 Å². The summed E-state index contributed by atoms with van der Waals surface area (Å²) in [5.41, 5.74) is 1.43. The molecule has 2 saturated heterocycles. The lowest BCUT2D eigenvalue weighted by Crippen LogP contribution is -2.65. The number of fused-ring (bicyclic) bond motifs is 2. The van der Waals surface area contributed by atoms with Crippen molar-refractivity contribution in [2.75, 3.05) is 47.9 Å². The van der Waals surface area contributed by atoms with Crippen LogP contribution in [0.2, 0.25) is 10.0 Å². The Bertz CT molecular complexity index is 2310. The first-order valence-electron chi connectivity index (χ1n) is 20.8. The van der Waals surface area contributed by atoms with E-state index in [1.165, 1.54) is 36.1 Å². The molecule has 344 valence electrons. The second kappa shape index (κ2) is 20.3. The van der Waals surface area contributed by atoms with Crippen LogP contribution in [0, 0.1) is 5.92 Å². The molecule has 4 amide bonds. The zero-order valence-corrected chi connectivity index (χ0v) is 38.1. The number of benzene rings is 2. The van der Waals surface area contributed by atoms with Crippen molar-refractivity contribution < 1.29 is 41.8 Å². The number of imidazole rings is 1. The minimum atomic E-state index is -4.82. The predicted octanol–water partition coefficient (Wildman–Crippen LogP) is 6.53. The molecule has 1 N–H and O–H groups in total. The minimum Gasteiger partial charge on any atom is -0.455 e. The summed E-state index contributed by atoms with van der Waals surface area (Å²) in [5.74, 6) is -3.59. The number of amides is 4.